The number of ether oxygens (including phenoxy) is 1. The zero-order valence-corrected chi connectivity index (χ0v) is 10.2. The molecule has 0 aliphatic heterocycles. The van der Waals surface area contributed by atoms with E-state index in [-0.39, 0.29) is 12.1 Å². The molecule has 0 heterocycles. The van der Waals surface area contributed by atoms with Gasteiger partial charge in [-0.05, 0) is 25.7 Å². The van der Waals surface area contributed by atoms with E-state index >= 15 is 0 Å². The predicted molar refractivity (Wildman–Crippen MR) is 64.2 cm³/mol. The number of alkyl carbamates (subject to hydrolysis) is 1. The van der Waals surface area contributed by atoms with Gasteiger partial charge in [-0.1, -0.05) is 25.7 Å². The van der Waals surface area contributed by atoms with Crippen molar-refractivity contribution in [2.24, 2.45) is 11.7 Å². The highest BCUT2D eigenvalue weighted by Gasteiger charge is 2.23. The molecule has 0 aromatic carbocycles. The van der Waals surface area contributed by atoms with Crippen molar-refractivity contribution in [2.75, 3.05) is 13.2 Å². The minimum atomic E-state index is -0.331. The molecule has 1 unspecified atom stereocenters. The fourth-order valence-electron chi connectivity index (χ4n) is 2.41. The highest BCUT2D eigenvalue weighted by atomic mass is 16.5. The number of carbonyl (C=O) groups is 1. The second kappa shape index (κ2) is 7.49. The molecule has 1 atom stereocenters. The Bertz CT molecular complexity index is 201. The van der Waals surface area contributed by atoms with Crippen LogP contribution in [-0.2, 0) is 4.74 Å². The van der Waals surface area contributed by atoms with Crippen molar-refractivity contribution in [1.29, 1.82) is 0 Å². The van der Waals surface area contributed by atoms with Gasteiger partial charge in [0.2, 0.25) is 0 Å². The van der Waals surface area contributed by atoms with Crippen LogP contribution in [0, 0.1) is 5.92 Å². The fraction of sp³-hybridized carbons (Fsp3) is 0.917. The van der Waals surface area contributed by atoms with Crippen LogP contribution in [0.5, 0.6) is 0 Å². The number of nitrogens with one attached hydrogen (secondary N) is 1. The third-order valence-electron chi connectivity index (χ3n) is 3.30. The number of nitrogens with two attached hydrogens (primary N) is 1. The summed E-state index contributed by atoms with van der Waals surface area (Å²) in [6.07, 6.45) is 7.16. The van der Waals surface area contributed by atoms with Crippen LogP contribution in [0.15, 0.2) is 0 Å². The lowest BCUT2D eigenvalue weighted by Gasteiger charge is -2.25. The van der Waals surface area contributed by atoms with E-state index in [0.717, 1.165) is 0 Å². The van der Waals surface area contributed by atoms with Crippen molar-refractivity contribution in [2.45, 2.75) is 51.5 Å². The van der Waals surface area contributed by atoms with Crippen molar-refractivity contribution in [3.63, 3.8) is 0 Å². The first-order valence-electron chi connectivity index (χ1n) is 6.41. The highest BCUT2D eigenvalue weighted by molar-refractivity contribution is 5.67. The number of rotatable bonds is 4. The lowest BCUT2D eigenvalue weighted by Crippen LogP contribution is -2.45. The molecule has 0 aromatic rings. The second-order valence-electron chi connectivity index (χ2n) is 4.46. The van der Waals surface area contributed by atoms with Gasteiger partial charge in [-0.15, -0.1) is 0 Å². The van der Waals surface area contributed by atoms with E-state index in [1.54, 1.807) is 0 Å². The minimum absolute atomic E-state index is 0.0807. The molecular formula is C12H24N2O2. The number of hydrogen-bond donors (Lipinski definition) is 2. The smallest absolute Gasteiger partial charge is 0.407 e. The van der Waals surface area contributed by atoms with Crippen LogP contribution in [0.1, 0.15) is 45.4 Å². The Morgan fingerprint density at radius 2 is 2.00 bits per heavy atom. The van der Waals surface area contributed by atoms with Gasteiger partial charge in [0.25, 0.3) is 0 Å². The molecule has 3 N–H and O–H groups in total. The lowest BCUT2D eigenvalue weighted by atomic mass is 9.92. The number of carbonyl (C=O) groups excluding carboxylic acids is 1. The summed E-state index contributed by atoms with van der Waals surface area (Å²) < 4.78 is 4.89. The summed E-state index contributed by atoms with van der Waals surface area (Å²) in [7, 11) is 0. The van der Waals surface area contributed by atoms with E-state index in [4.69, 9.17) is 10.5 Å². The van der Waals surface area contributed by atoms with Crippen LogP contribution in [-0.4, -0.2) is 25.3 Å². The molecule has 1 aliphatic carbocycles. The summed E-state index contributed by atoms with van der Waals surface area (Å²) in [6, 6.07) is 0.0807. The zero-order chi connectivity index (χ0) is 11.8. The third kappa shape index (κ3) is 4.39. The van der Waals surface area contributed by atoms with Gasteiger partial charge in [0.1, 0.15) is 0 Å². The van der Waals surface area contributed by atoms with Gasteiger partial charge in [-0.25, -0.2) is 4.79 Å². The van der Waals surface area contributed by atoms with Crippen LogP contribution in [0.3, 0.4) is 0 Å². The normalized spacial score (nSPS) is 19.9. The molecule has 1 amide bonds. The number of amides is 1. The largest absolute Gasteiger partial charge is 0.450 e. The van der Waals surface area contributed by atoms with E-state index in [9.17, 15) is 4.79 Å². The molecule has 0 spiro atoms. The molecule has 1 saturated carbocycles. The van der Waals surface area contributed by atoms with Crippen molar-refractivity contribution < 1.29 is 9.53 Å². The molecular weight excluding hydrogens is 204 g/mol. The van der Waals surface area contributed by atoms with Gasteiger partial charge in [-0.2, -0.15) is 0 Å². The molecule has 1 aliphatic rings. The molecule has 1 rings (SSSR count). The average Bonchev–Trinajstić information content (AvgIpc) is 2.55. The van der Waals surface area contributed by atoms with Gasteiger partial charge in [0, 0.05) is 12.6 Å². The summed E-state index contributed by atoms with van der Waals surface area (Å²) >= 11 is 0. The van der Waals surface area contributed by atoms with E-state index in [1.807, 2.05) is 6.92 Å². The Morgan fingerprint density at radius 3 is 2.50 bits per heavy atom. The summed E-state index contributed by atoms with van der Waals surface area (Å²) in [4.78, 5) is 11.4. The highest BCUT2D eigenvalue weighted by Crippen LogP contribution is 2.25. The average molecular weight is 228 g/mol. The van der Waals surface area contributed by atoms with Gasteiger partial charge < -0.3 is 15.8 Å². The first-order valence-corrected chi connectivity index (χ1v) is 6.41. The van der Waals surface area contributed by atoms with Gasteiger partial charge in [-0.3, -0.25) is 0 Å². The monoisotopic (exact) mass is 228 g/mol. The molecule has 0 aromatic heterocycles. The van der Waals surface area contributed by atoms with E-state index < -0.39 is 0 Å². The van der Waals surface area contributed by atoms with E-state index in [2.05, 4.69) is 5.32 Å². The van der Waals surface area contributed by atoms with Crippen LogP contribution >= 0.6 is 0 Å². The minimum Gasteiger partial charge on any atom is -0.450 e. The topological polar surface area (TPSA) is 64.3 Å². The summed E-state index contributed by atoms with van der Waals surface area (Å²) in [6.45, 7) is 2.72. The Morgan fingerprint density at radius 1 is 1.38 bits per heavy atom. The maximum atomic E-state index is 11.4. The van der Waals surface area contributed by atoms with Crippen molar-refractivity contribution >= 4 is 6.09 Å². The molecule has 0 radical (unpaired) electrons. The Kier molecular flexibility index (Phi) is 6.23. The van der Waals surface area contributed by atoms with Crippen LogP contribution in [0.4, 0.5) is 4.79 Å². The first kappa shape index (κ1) is 13.3. The molecule has 4 nitrogen and oxygen atoms in total. The van der Waals surface area contributed by atoms with E-state index in [1.165, 1.54) is 38.5 Å². The maximum absolute atomic E-state index is 11.4. The maximum Gasteiger partial charge on any atom is 0.407 e. The Labute approximate surface area is 97.9 Å². The predicted octanol–water partition coefficient (Wildman–Crippen LogP) is 2.03. The van der Waals surface area contributed by atoms with Crippen molar-refractivity contribution in [3.05, 3.63) is 0 Å². The van der Waals surface area contributed by atoms with Gasteiger partial charge in [0.15, 0.2) is 0 Å². The zero-order valence-electron chi connectivity index (χ0n) is 10.2. The molecule has 16 heavy (non-hydrogen) atoms. The second-order valence-corrected chi connectivity index (χ2v) is 4.46. The SMILES string of the molecule is CCOC(=O)NC(CN)C1CCCCCC1. The lowest BCUT2D eigenvalue weighted by molar-refractivity contribution is 0.143. The summed E-state index contributed by atoms with van der Waals surface area (Å²) in [5, 5.41) is 2.88. The summed E-state index contributed by atoms with van der Waals surface area (Å²) in [5.41, 5.74) is 5.73. The van der Waals surface area contributed by atoms with Crippen LogP contribution < -0.4 is 11.1 Å². The molecule has 4 heteroatoms. The van der Waals surface area contributed by atoms with Crippen LogP contribution in [0.25, 0.3) is 0 Å². The van der Waals surface area contributed by atoms with Crippen molar-refractivity contribution in [1.82, 2.24) is 5.32 Å². The standard InChI is InChI=1S/C12H24N2O2/c1-2-16-12(15)14-11(9-13)10-7-5-3-4-6-8-10/h10-11H,2-9,13H2,1H3,(H,14,15). The van der Waals surface area contributed by atoms with Gasteiger partial charge in [0.05, 0.1) is 6.61 Å². The first-order chi connectivity index (χ1) is 7.77. The van der Waals surface area contributed by atoms with Crippen LogP contribution in [0.2, 0.25) is 0 Å². The number of hydrogen-bond acceptors (Lipinski definition) is 3. The molecule has 0 saturated heterocycles. The molecule has 1 fully saturated rings. The van der Waals surface area contributed by atoms with E-state index in [0.29, 0.717) is 19.1 Å². The molecule has 0 bridgehead atoms. The quantitative estimate of drug-likeness (QED) is 0.724. The third-order valence-corrected chi connectivity index (χ3v) is 3.30. The fourth-order valence-corrected chi connectivity index (χ4v) is 2.41. The van der Waals surface area contributed by atoms with Gasteiger partial charge >= 0.3 is 6.09 Å². The Balaban J connectivity index is 2.41. The summed E-state index contributed by atoms with van der Waals surface area (Å²) in [5.74, 6) is 0.525. The Hall–Kier alpha value is -0.770. The molecule has 94 valence electrons. The van der Waals surface area contributed by atoms with Crippen molar-refractivity contribution in [3.8, 4) is 0 Å².